The molecule has 0 aromatic rings. The Morgan fingerprint density at radius 2 is 2.04 bits per heavy atom. The van der Waals surface area contributed by atoms with E-state index in [1.165, 1.54) is 9.80 Å². The van der Waals surface area contributed by atoms with Gasteiger partial charge in [0.05, 0.1) is 12.6 Å². The number of hydrogen-bond acceptors (Lipinski definition) is 6. The first-order valence-electron chi connectivity index (χ1n) is 8.24. The van der Waals surface area contributed by atoms with Crippen LogP contribution in [0.4, 0.5) is 9.59 Å². The van der Waals surface area contributed by atoms with Crippen molar-refractivity contribution >= 4 is 18.0 Å². The van der Waals surface area contributed by atoms with Crippen LogP contribution < -0.4 is 5.48 Å². The largest absolute Gasteiger partial charge is 0.444 e. The van der Waals surface area contributed by atoms with Crippen LogP contribution in [0.3, 0.4) is 0 Å². The van der Waals surface area contributed by atoms with E-state index < -0.39 is 29.7 Å². The second kappa shape index (κ2) is 7.44. The molecule has 2 atom stereocenters. The normalized spacial score (nSPS) is 22.8. The molecular weight excluding hydrogens is 332 g/mol. The molecule has 0 radical (unpaired) electrons. The van der Waals surface area contributed by atoms with Crippen molar-refractivity contribution in [3.05, 3.63) is 0 Å². The number of carbonyl (C=O) groups is 3. The summed E-state index contributed by atoms with van der Waals surface area (Å²) in [4.78, 5) is 43.6. The van der Waals surface area contributed by atoms with Crippen LogP contribution in [-0.4, -0.2) is 82.5 Å². The number of nitrogens with one attached hydrogen (secondary N) is 1. The minimum atomic E-state index is -0.663. The Kier molecular flexibility index (Phi) is 5.73. The molecule has 0 aliphatic carbocycles. The smallest absolute Gasteiger partial charge is 0.410 e. The predicted octanol–water partition coefficient (Wildman–Crippen LogP) is 0.559. The van der Waals surface area contributed by atoms with Crippen molar-refractivity contribution in [2.45, 2.75) is 51.3 Å². The van der Waals surface area contributed by atoms with Gasteiger partial charge in [-0.15, -0.1) is 0 Å². The van der Waals surface area contributed by atoms with Crippen LogP contribution in [0.25, 0.3) is 0 Å². The molecule has 2 aliphatic rings. The van der Waals surface area contributed by atoms with E-state index in [0.717, 1.165) is 0 Å². The van der Waals surface area contributed by atoms with Crippen LogP contribution in [0.15, 0.2) is 0 Å². The fourth-order valence-corrected chi connectivity index (χ4v) is 2.73. The highest BCUT2D eigenvalue weighted by molar-refractivity contribution is 5.87. The third-order valence-corrected chi connectivity index (χ3v) is 4.05. The third-order valence-electron chi connectivity index (χ3n) is 4.05. The van der Waals surface area contributed by atoms with E-state index in [4.69, 9.17) is 9.57 Å². The molecule has 4 amide bonds. The van der Waals surface area contributed by atoms with Gasteiger partial charge in [-0.05, 0) is 33.6 Å². The minimum absolute atomic E-state index is 0.0803. The van der Waals surface area contributed by atoms with Crippen molar-refractivity contribution in [2.75, 3.05) is 26.7 Å². The number of carbonyl (C=O) groups excluding carboxylic acids is 3. The molecule has 2 unspecified atom stereocenters. The number of likely N-dealkylation sites (N-methyl/N-ethyl adjacent to an activating group) is 1. The van der Waals surface area contributed by atoms with Crippen molar-refractivity contribution in [1.82, 2.24) is 20.3 Å². The Morgan fingerprint density at radius 3 is 2.68 bits per heavy atom. The van der Waals surface area contributed by atoms with Gasteiger partial charge in [-0.1, -0.05) is 0 Å². The Hall–Kier alpha value is -2.07. The van der Waals surface area contributed by atoms with Gasteiger partial charge in [0.1, 0.15) is 11.6 Å². The molecule has 2 heterocycles. The number of rotatable bonds is 5. The highest BCUT2D eigenvalue weighted by Crippen LogP contribution is 2.28. The summed E-state index contributed by atoms with van der Waals surface area (Å²) in [7, 11) is 1.57. The lowest BCUT2D eigenvalue weighted by Crippen LogP contribution is -2.50. The number of hydrogen-bond donors (Lipinski definition) is 2. The summed E-state index contributed by atoms with van der Waals surface area (Å²) < 4.78 is 5.20. The summed E-state index contributed by atoms with van der Waals surface area (Å²) in [6.07, 6.45) is 0.532. The molecule has 0 spiro atoms. The van der Waals surface area contributed by atoms with Gasteiger partial charge in [-0.25, -0.2) is 20.1 Å². The molecule has 2 saturated heterocycles. The van der Waals surface area contributed by atoms with Gasteiger partial charge in [0, 0.05) is 20.1 Å². The van der Waals surface area contributed by atoms with E-state index in [-0.39, 0.29) is 19.2 Å². The summed E-state index contributed by atoms with van der Waals surface area (Å²) in [6.45, 7) is 5.97. The first kappa shape index (κ1) is 19.3. The van der Waals surface area contributed by atoms with E-state index in [1.807, 2.05) is 0 Å². The van der Waals surface area contributed by atoms with Gasteiger partial charge in [0.2, 0.25) is 0 Å². The molecule has 0 saturated carbocycles. The van der Waals surface area contributed by atoms with Gasteiger partial charge in [0.25, 0.3) is 5.91 Å². The molecule has 2 aliphatic heterocycles. The molecule has 10 heteroatoms. The first-order chi connectivity index (χ1) is 11.6. The zero-order valence-corrected chi connectivity index (χ0v) is 15.0. The van der Waals surface area contributed by atoms with Crippen LogP contribution in [-0.2, 0) is 14.4 Å². The lowest BCUT2D eigenvalue weighted by molar-refractivity contribution is -0.139. The Labute approximate surface area is 146 Å². The summed E-state index contributed by atoms with van der Waals surface area (Å²) in [5, 5.41) is 10.3. The SMILES string of the molecule is CN(CCONC(=O)C1CCC2CN1C(=O)N2O)C(=O)OC(C)(C)C. The molecule has 0 aromatic heterocycles. The highest BCUT2D eigenvalue weighted by atomic mass is 16.7. The van der Waals surface area contributed by atoms with Crippen LogP contribution in [0.5, 0.6) is 0 Å². The molecule has 2 bridgehead atoms. The van der Waals surface area contributed by atoms with Gasteiger partial charge in [-0.3, -0.25) is 14.8 Å². The van der Waals surface area contributed by atoms with Crippen LogP contribution in [0, 0.1) is 0 Å². The second-order valence-corrected chi connectivity index (χ2v) is 7.24. The quantitative estimate of drug-likeness (QED) is 0.422. The number of hydroxylamine groups is 3. The highest BCUT2D eigenvalue weighted by Gasteiger charge is 2.46. The van der Waals surface area contributed by atoms with E-state index in [9.17, 15) is 19.6 Å². The zero-order chi connectivity index (χ0) is 18.8. The standard InChI is InChI=1S/C15H26N4O6/c1-15(2,3)25-14(22)17(4)7-8-24-16-12(20)11-6-5-10-9-18(11)13(21)19(10)23/h10-11,23H,5-9H2,1-4H3,(H,16,20). The number of urea groups is 1. The van der Waals surface area contributed by atoms with Crippen molar-refractivity contribution in [3.63, 3.8) is 0 Å². The average molecular weight is 358 g/mol. The maximum atomic E-state index is 12.2. The second-order valence-electron chi connectivity index (χ2n) is 7.24. The van der Waals surface area contributed by atoms with E-state index in [2.05, 4.69) is 5.48 Å². The van der Waals surface area contributed by atoms with E-state index in [1.54, 1.807) is 27.8 Å². The Balaban J connectivity index is 1.71. The summed E-state index contributed by atoms with van der Waals surface area (Å²) >= 11 is 0. The van der Waals surface area contributed by atoms with Gasteiger partial charge in [0.15, 0.2) is 0 Å². The molecule has 2 N–H and O–H groups in total. The molecule has 0 aromatic carbocycles. The van der Waals surface area contributed by atoms with E-state index in [0.29, 0.717) is 24.4 Å². The average Bonchev–Trinajstić information content (AvgIpc) is 2.74. The monoisotopic (exact) mass is 358 g/mol. The summed E-state index contributed by atoms with van der Waals surface area (Å²) in [6, 6.07) is -1.48. The number of piperidine rings is 1. The van der Waals surface area contributed by atoms with Gasteiger partial charge < -0.3 is 14.5 Å². The van der Waals surface area contributed by atoms with Gasteiger partial charge >= 0.3 is 12.1 Å². The lowest BCUT2D eigenvalue weighted by atomic mass is 10.0. The zero-order valence-electron chi connectivity index (χ0n) is 15.0. The number of nitrogens with zero attached hydrogens (tertiary/aromatic N) is 3. The predicted molar refractivity (Wildman–Crippen MR) is 85.5 cm³/mol. The van der Waals surface area contributed by atoms with Crippen molar-refractivity contribution in [2.24, 2.45) is 0 Å². The van der Waals surface area contributed by atoms with Gasteiger partial charge in [-0.2, -0.15) is 0 Å². The van der Waals surface area contributed by atoms with E-state index >= 15 is 0 Å². The Morgan fingerprint density at radius 1 is 1.36 bits per heavy atom. The van der Waals surface area contributed by atoms with Crippen molar-refractivity contribution in [1.29, 1.82) is 0 Å². The molecule has 25 heavy (non-hydrogen) atoms. The first-order valence-corrected chi connectivity index (χ1v) is 8.24. The maximum absolute atomic E-state index is 12.2. The number of fused-ring (bicyclic) bond motifs is 2. The van der Waals surface area contributed by atoms with Crippen molar-refractivity contribution in [3.8, 4) is 0 Å². The lowest BCUT2D eigenvalue weighted by Gasteiger charge is -2.29. The Bertz CT molecular complexity index is 535. The summed E-state index contributed by atoms with van der Waals surface area (Å²) in [5.41, 5.74) is 1.72. The molecular formula is C15H26N4O6. The molecule has 2 fully saturated rings. The number of ether oxygens (including phenoxy) is 1. The minimum Gasteiger partial charge on any atom is -0.444 e. The van der Waals surface area contributed by atoms with Crippen molar-refractivity contribution < 1.29 is 29.2 Å². The van der Waals surface area contributed by atoms with Crippen LogP contribution in [0.1, 0.15) is 33.6 Å². The molecule has 2 rings (SSSR count). The van der Waals surface area contributed by atoms with Crippen LogP contribution >= 0.6 is 0 Å². The fourth-order valence-electron chi connectivity index (χ4n) is 2.73. The fraction of sp³-hybridized carbons (Fsp3) is 0.800. The van der Waals surface area contributed by atoms with Crippen LogP contribution in [0.2, 0.25) is 0 Å². The third kappa shape index (κ3) is 4.73. The topological polar surface area (TPSA) is 112 Å². The molecule has 10 nitrogen and oxygen atoms in total. The molecule has 142 valence electrons. The maximum Gasteiger partial charge on any atom is 0.410 e. The summed E-state index contributed by atoms with van der Waals surface area (Å²) in [5.74, 6) is -0.443. The number of amides is 4.